The summed E-state index contributed by atoms with van der Waals surface area (Å²) in [5, 5.41) is 2.65. The summed E-state index contributed by atoms with van der Waals surface area (Å²) in [5.74, 6) is -1.83. The van der Waals surface area contributed by atoms with Gasteiger partial charge in [-0.3, -0.25) is 4.79 Å². The molecule has 1 aliphatic rings. The zero-order valence-electron chi connectivity index (χ0n) is 15.0. The second kappa shape index (κ2) is 8.88. The minimum Gasteiger partial charge on any atom is -0.460 e. The molecule has 1 heterocycles. The number of hydrogen-bond acceptors (Lipinski definition) is 6. The van der Waals surface area contributed by atoms with Crippen LogP contribution in [0.4, 0.5) is 10.1 Å². The number of rotatable bonds is 6. The molecule has 0 aromatic heterocycles. The minimum absolute atomic E-state index is 0.0458. The molecule has 1 saturated heterocycles. The van der Waals surface area contributed by atoms with E-state index in [2.05, 4.69) is 5.32 Å². The molecule has 0 radical (unpaired) electrons. The molecule has 0 aliphatic carbocycles. The fraction of sp³-hybridized carbons (Fsp3) is 0.250. The van der Waals surface area contributed by atoms with E-state index in [0.717, 1.165) is 11.8 Å². The van der Waals surface area contributed by atoms with Crippen molar-refractivity contribution in [3.8, 4) is 0 Å². The van der Waals surface area contributed by atoms with Crippen LogP contribution in [-0.4, -0.2) is 35.8 Å². The smallest absolute Gasteiger partial charge is 0.347 e. The number of carbonyl (C=O) groups is 3. The van der Waals surface area contributed by atoms with E-state index in [-0.39, 0.29) is 29.1 Å². The van der Waals surface area contributed by atoms with Gasteiger partial charge in [-0.1, -0.05) is 12.1 Å². The molecule has 0 unspecified atom stereocenters. The van der Waals surface area contributed by atoms with Crippen LogP contribution in [0.15, 0.2) is 53.4 Å². The number of nitrogens with one attached hydrogen (secondary N) is 1. The van der Waals surface area contributed by atoms with Crippen LogP contribution in [0, 0.1) is 5.82 Å². The molecule has 1 fully saturated rings. The van der Waals surface area contributed by atoms with Gasteiger partial charge >= 0.3 is 11.9 Å². The summed E-state index contributed by atoms with van der Waals surface area (Å²) in [6.45, 7) is 1.73. The van der Waals surface area contributed by atoms with Crippen molar-refractivity contribution in [2.45, 2.75) is 30.4 Å². The number of carbonyl (C=O) groups excluding carboxylic acids is 3. The molecule has 0 saturated carbocycles. The predicted octanol–water partition coefficient (Wildman–Crippen LogP) is 3.42. The Morgan fingerprint density at radius 1 is 1.21 bits per heavy atom. The first-order chi connectivity index (χ1) is 13.4. The van der Waals surface area contributed by atoms with Crippen molar-refractivity contribution in [1.29, 1.82) is 0 Å². The van der Waals surface area contributed by atoms with Gasteiger partial charge in [0.1, 0.15) is 11.9 Å². The Balaban J connectivity index is 1.60. The van der Waals surface area contributed by atoms with Gasteiger partial charge in [-0.2, -0.15) is 0 Å². The van der Waals surface area contributed by atoms with Crippen LogP contribution in [0.1, 0.15) is 23.7 Å². The van der Waals surface area contributed by atoms with Crippen molar-refractivity contribution < 1.29 is 28.2 Å². The summed E-state index contributed by atoms with van der Waals surface area (Å²) in [4.78, 5) is 36.8. The van der Waals surface area contributed by atoms with Crippen LogP contribution in [0.25, 0.3) is 0 Å². The molecule has 1 amide bonds. The van der Waals surface area contributed by atoms with Crippen molar-refractivity contribution in [2.24, 2.45) is 0 Å². The molecule has 28 heavy (non-hydrogen) atoms. The fourth-order valence-corrected chi connectivity index (χ4v) is 3.48. The van der Waals surface area contributed by atoms with Crippen LogP contribution in [-0.2, 0) is 19.1 Å². The monoisotopic (exact) mass is 403 g/mol. The van der Waals surface area contributed by atoms with Crippen molar-refractivity contribution >= 4 is 35.3 Å². The van der Waals surface area contributed by atoms with Gasteiger partial charge in [0.05, 0.1) is 11.3 Å². The van der Waals surface area contributed by atoms with Gasteiger partial charge in [0.25, 0.3) is 0 Å². The van der Waals surface area contributed by atoms with E-state index in [0.29, 0.717) is 17.0 Å². The second-order valence-electron chi connectivity index (χ2n) is 6.22. The maximum absolute atomic E-state index is 12.9. The fourth-order valence-electron chi connectivity index (χ4n) is 2.64. The van der Waals surface area contributed by atoms with E-state index in [1.807, 2.05) is 0 Å². The lowest BCUT2D eigenvalue weighted by Gasteiger charge is -2.11. The van der Waals surface area contributed by atoms with Gasteiger partial charge in [-0.05, 0) is 43.3 Å². The third kappa shape index (κ3) is 5.10. The lowest BCUT2D eigenvalue weighted by atomic mass is 10.2. The van der Waals surface area contributed by atoms with E-state index in [1.54, 1.807) is 31.2 Å². The number of cyclic esters (lactones) is 1. The summed E-state index contributed by atoms with van der Waals surface area (Å²) in [6, 6.07) is 12.1. The molecule has 146 valence electrons. The van der Waals surface area contributed by atoms with Gasteiger partial charge in [-0.25, -0.2) is 14.0 Å². The number of benzene rings is 2. The second-order valence-corrected chi connectivity index (χ2v) is 7.23. The Kier molecular flexibility index (Phi) is 6.30. The molecule has 6 nitrogen and oxygen atoms in total. The number of thioether (sulfide) groups is 1. The molecular weight excluding hydrogens is 385 g/mol. The number of amides is 1. The maximum Gasteiger partial charge on any atom is 0.347 e. The Morgan fingerprint density at radius 2 is 1.93 bits per heavy atom. The lowest BCUT2D eigenvalue weighted by molar-refractivity contribution is -0.147. The largest absolute Gasteiger partial charge is 0.460 e. The number of esters is 2. The van der Waals surface area contributed by atoms with E-state index in [4.69, 9.17) is 9.47 Å². The SMILES string of the molecule is C[C@H]1C[C@@H](OC(=O)c2ccccc2SCC(=O)Nc2ccc(F)cc2)C(=O)O1. The lowest BCUT2D eigenvalue weighted by Crippen LogP contribution is -2.23. The topological polar surface area (TPSA) is 81.7 Å². The quantitative estimate of drug-likeness (QED) is 0.588. The molecular formula is C20H18FNO5S. The molecule has 2 atom stereocenters. The first kappa shape index (κ1) is 19.9. The van der Waals surface area contributed by atoms with Crippen molar-refractivity contribution in [2.75, 3.05) is 11.1 Å². The molecule has 0 bridgehead atoms. The maximum atomic E-state index is 12.9. The van der Waals surface area contributed by atoms with Gasteiger partial charge in [0.15, 0.2) is 0 Å². The summed E-state index contributed by atoms with van der Waals surface area (Å²) >= 11 is 1.16. The van der Waals surface area contributed by atoms with Gasteiger partial charge < -0.3 is 14.8 Å². The van der Waals surface area contributed by atoms with Crippen molar-refractivity contribution in [3.63, 3.8) is 0 Å². The van der Waals surface area contributed by atoms with Crippen LogP contribution in [0.3, 0.4) is 0 Å². The minimum atomic E-state index is -0.915. The standard InChI is InChI=1S/C20H18FNO5S/c1-12-10-16(20(25)26-12)27-19(24)15-4-2-3-5-17(15)28-11-18(23)22-14-8-6-13(21)7-9-14/h2-9,12,16H,10-11H2,1H3,(H,22,23)/t12-,16+/m0/s1. The zero-order valence-corrected chi connectivity index (χ0v) is 15.8. The van der Waals surface area contributed by atoms with Crippen LogP contribution in [0.5, 0.6) is 0 Å². The summed E-state index contributed by atoms with van der Waals surface area (Å²) in [6.07, 6.45) is -0.882. The van der Waals surface area contributed by atoms with Crippen LogP contribution >= 0.6 is 11.8 Å². The third-order valence-electron chi connectivity index (χ3n) is 3.97. The molecule has 1 N–H and O–H groups in total. The molecule has 1 aliphatic heterocycles. The number of halogens is 1. The molecule has 2 aromatic rings. The summed E-state index contributed by atoms with van der Waals surface area (Å²) in [5.41, 5.74) is 0.753. The van der Waals surface area contributed by atoms with Crippen LogP contribution in [0.2, 0.25) is 0 Å². The predicted molar refractivity (Wildman–Crippen MR) is 102 cm³/mol. The highest BCUT2D eigenvalue weighted by Crippen LogP contribution is 2.26. The van der Waals surface area contributed by atoms with Crippen molar-refractivity contribution in [1.82, 2.24) is 0 Å². The highest BCUT2D eigenvalue weighted by molar-refractivity contribution is 8.00. The summed E-state index contributed by atoms with van der Waals surface area (Å²) in [7, 11) is 0. The molecule has 2 aromatic carbocycles. The van der Waals surface area contributed by atoms with E-state index in [9.17, 15) is 18.8 Å². The molecule has 8 heteroatoms. The van der Waals surface area contributed by atoms with Crippen LogP contribution < -0.4 is 5.32 Å². The van der Waals surface area contributed by atoms with Gasteiger partial charge in [0.2, 0.25) is 12.0 Å². The number of ether oxygens (including phenoxy) is 2. The average molecular weight is 403 g/mol. The normalized spacial score (nSPS) is 18.4. The first-order valence-electron chi connectivity index (χ1n) is 8.61. The Bertz CT molecular complexity index is 886. The zero-order chi connectivity index (χ0) is 20.1. The van der Waals surface area contributed by atoms with E-state index >= 15 is 0 Å². The van der Waals surface area contributed by atoms with Gasteiger partial charge in [0, 0.05) is 17.0 Å². The highest BCUT2D eigenvalue weighted by Gasteiger charge is 2.35. The third-order valence-corrected chi connectivity index (χ3v) is 5.04. The Labute approximate surface area is 165 Å². The van der Waals surface area contributed by atoms with Crippen molar-refractivity contribution in [3.05, 3.63) is 59.9 Å². The number of anilines is 1. The summed E-state index contributed by atoms with van der Waals surface area (Å²) < 4.78 is 23.2. The average Bonchev–Trinajstić information content (AvgIpc) is 2.99. The molecule has 3 rings (SSSR count). The first-order valence-corrected chi connectivity index (χ1v) is 9.59. The van der Waals surface area contributed by atoms with Gasteiger partial charge in [-0.15, -0.1) is 11.8 Å². The number of hydrogen-bond donors (Lipinski definition) is 1. The van der Waals surface area contributed by atoms with E-state index in [1.165, 1.54) is 24.3 Å². The van der Waals surface area contributed by atoms with E-state index < -0.39 is 18.0 Å². The Morgan fingerprint density at radius 3 is 2.61 bits per heavy atom. The highest BCUT2D eigenvalue weighted by atomic mass is 32.2. The Hall–Kier alpha value is -2.87. The molecule has 0 spiro atoms.